The van der Waals surface area contributed by atoms with Crippen LogP contribution in [0.5, 0.6) is 5.75 Å². The van der Waals surface area contributed by atoms with Crippen molar-refractivity contribution in [2.75, 3.05) is 0 Å². The molecule has 0 atom stereocenters. The Balaban J connectivity index is 1.78. The van der Waals surface area contributed by atoms with Gasteiger partial charge in [0.1, 0.15) is 5.75 Å². The van der Waals surface area contributed by atoms with Crippen molar-refractivity contribution >= 4 is 22.9 Å². The average Bonchev–Trinajstić information content (AvgIpc) is 2.66. The van der Waals surface area contributed by atoms with E-state index in [1.165, 1.54) is 11.1 Å². The van der Waals surface area contributed by atoms with E-state index in [9.17, 15) is 4.79 Å². The number of benzene rings is 3. The Morgan fingerprint density at radius 1 is 1.07 bits per heavy atom. The quantitative estimate of drug-likeness (QED) is 0.491. The number of carbonyl (C=O) groups is 1. The topological polar surface area (TPSA) is 50.7 Å². The normalized spacial score (nSPS) is 11.3. The van der Waals surface area contributed by atoms with E-state index in [1.807, 2.05) is 75.4 Å². The number of aryl methyl sites for hydroxylation is 2. The maximum absolute atomic E-state index is 12.3. The molecule has 3 aromatic rings. The number of hydrazone groups is 1. The summed E-state index contributed by atoms with van der Waals surface area (Å²) in [5.74, 6) is 0.604. The highest BCUT2D eigenvalue weighted by atomic mass is 16.5. The third-order valence-electron chi connectivity index (χ3n) is 4.61. The molecule has 0 fully saturated rings. The fourth-order valence-electron chi connectivity index (χ4n) is 3.07. The maximum Gasteiger partial charge on any atom is 0.244 e. The van der Waals surface area contributed by atoms with E-state index in [1.54, 1.807) is 6.21 Å². The minimum atomic E-state index is -0.147. The molecule has 4 heteroatoms. The molecule has 1 N–H and O–H groups in total. The van der Waals surface area contributed by atoms with Gasteiger partial charge in [-0.15, -0.1) is 0 Å². The van der Waals surface area contributed by atoms with Crippen molar-refractivity contribution in [1.82, 2.24) is 5.43 Å². The van der Waals surface area contributed by atoms with Crippen molar-refractivity contribution in [3.8, 4) is 5.75 Å². The lowest BCUT2D eigenvalue weighted by Crippen LogP contribution is -2.20. The van der Waals surface area contributed by atoms with E-state index in [4.69, 9.17) is 4.74 Å². The Labute approximate surface area is 166 Å². The molecule has 0 radical (unpaired) electrons. The third kappa shape index (κ3) is 4.77. The largest absolute Gasteiger partial charge is 0.490 e. The lowest BCUT2D eigenvalue weighted by molar-refractivity contribution is -0.120. The molecule has 0 saturated carbocycles. The monoisotopic (exact) mass is 374 g/mol. The number of fused-ring (bicyclic) bond motifs is 1. The number of amides is 1. The summed E-state index contributed by atoms with van der Waals surface area (Å²) >= 11 is 0. The van der Waals surface area contributed by atoms with E-state index in [2.05, 4.69) is 17.5 Å². The molecule has 0 unspecified atom stereocenters. The van der Waals surface area contributed by atoms with Crippen molar-refractivity contribution in [3.05, 3.63) is 76.9 Å². The van der Waals surface area contributed by atoms with Gasteiger partial charge in [0.25, 0.3) is 0 Å². The fraction of sp³-hybridized carbons (Fsp3) is 0.250. The van der Waals surface area contributed by atoms with E-state index in [-0.39, 0.29) is 12.0 Å². The minimum Gasteiger partial charge on any atom is -0.490 e. The smallest absolute Gasteiger partial charge is 0.244 e. The highest BCUT2D eigenvalue weighted by Crippen LogP contribution is 2.27. The third-order valence-corrected chi connectivity index (χ3v) is 4.61. The number of nitrogens with one attached hydrogen (secondary N) is 1. The molecule has 3 rings (SSSR count). The van der Waals surface area contributed by atoms with Crippen molar-refractivity contribution in [3.63, 3.8) is 0 Å². The predicted octanol–water partition coefficient (Wildman–Crippen LogP) is 4.94. The molecule has 0 aromatic heterocycles. The molecule has 0 heterocycles. The summed E-state index contributed by atoms with van der Waals surface area (Å²) in [6.45, 7) is 8.08. The van der Waals surface area contributed by atoms with Gasteiger partial charge in [-0.3, -0.25) is 4.79 Å². The first kappa shape index (κ1) is 19.6. The van der Waals surface area contributed by atoms with E-state index < -0.39 is 0 Å². The first-order valence-corrected chi connectivity index (χ1v) is 9.50. The fourth-order valence-corrected chi connectivity index (χ4v) is 3.07. The number of hydrogen-bond donors (Lipinski definition) is 1. The molecule has 0 bridgehead atoms. The van der Waals surface area contributed by atoms with Gasteiger partial charge in [0.15, 0.2) is 0 Å². The van der Waals surface area contributed by atoms with Crippen molar-refractivity contribution in [2.45, 2.75) is 40.2 Å². The van der Waals surface area contributed by atoms with E-state index >= 15 is 0 Å². The molecule has 0 aliphatic rings. The molecular formula is C24H26N2O2. The SMILES string of the molecule is Cc1ccc(CC(=O)N/N=C\c2c(OC(C)C)ccc3ccccc23)cc1C. The van der Waals surface area contributed by atoms with Crippen LogP contribution in [0.25, 0.3) is 10.8 Å². The van der Waals surface area contributed by atoms with Crippen molar-refractivity contribution in [1.29, 1.82) is 0 Å². The van der Waals surface area contributed by atoms with Gasteiger partial charge in [-0.1, -0.05) is 48.5 Å². The Morgan fingerprint density at radius 3 is 2.61 bits per heavy atom. The highest BCUT2D eigenvalue weighted by Gasteiger charge is 2.09. The molecule has 4 nitrogen and oxygen atoms in total. The summed E-state index contributed by atoms with van der Waals surface area (Å²) < 4.78 is 5.93. The van der Waals surface area contributed by atoms with Gasteiger partial charge >= 0.3 is 0 Å². The number of hydrogen-bond acceptors (Lipinski definition) is 3. The first-order valence-electron chi connectivity index (χ1n) is 9.50. The van der Waals surface area contributed by atoms with Gasteiger partial charge in [-0.05, 0) is 61.2 Å². The van der Waals surface area contributed by atoms with Gasteiger partial charge in [0.2, 0.25) is 5.91 Å². The second-order valence-corrected chi connectivity index (χ2v) is 7.25. The number of nitrogens with zero attached hydrogens (tertiary/aromatic N) is 1. The summed E-state index contributed by atoms with van der Waals surface area (Å²) in [7, 11) is 0. The Bertz CT molecular complexity index is 1020. The Morgan fingerprint density at radius 2 is 1.86 bits per heavy atom. The Hall–Kier alpha value is -3.14. The van der Waals surface area contributed by atoms with Crippen LogP contribution in [0.4, 0.5) is 0 Å². The lowest BCUT2D eigenvalue weighted by atomic mass is 10.0. The van der Waals surface area contributed by atoms with Crippen LogP contribution in [0.15, 0.2) is 59.7 Å². The van der Waals surface area contributed by atoms with Crippen molar-refractivity contribution in [2.24, 2.45) is 5.10 Å². The van der Waals surface area contributed by atoms with Gasteiger partial charge in [0, 0.05) is 5.56 Å². The van der Waals surface area contributed by atoms with Gasteiger partial charge < -0.3 is 4.74 Å². The highest BCUT2D eigenvalue weighted by molar-refractivity contribution is 6.02. The van der Waals surface area contributed by atoms with Crippen LogP contribution in [-0.2, 0) is 11.2 Å². The molecular weight excluding hydrogens is 348 g/mol. The molecule has 0 saturated heterocycles. The van der Waals surface area contributed by atoms with Crippen LogP contribution in [0.2, 0.25) is 0 Å². The van der Waals surface area contributed by atoms with Gasteiger partial charge in [-0.25, -0.2) is 5.43 Å². The lowest BCUT2D eigenvalue weighted by Gasteiger charge is -2.14. The number of rotatable bonds is 6. The maximum atomic E-state index is 12.3. The molecule has 3 aromatic carbocycles. The van der Waals surface area contributed by atoms with Crippen LogP contribution in [0.3, 0.4) is 0 Å². The standard InChI is InChI=1S/C24H26N2O2/c1-16(2)28-23-12-11-20-7-5-6-8-21(20)22(23)15-25-26-24(27)14-19-10-9-17(3)18(4)13-19/h5-13,15-16H,14H2,1-4H3,(H,26,27)/b25-15-. The van der Waals surface area contributed by atoms with Crippen molar-refractivity contribution < 1.29 is 9.53 Å². The minimum absolute atomic E-state index is 0.0488. The zero-order valence-corrected chi connectivity index (χ0v) is 16.8. The molecule has 144 valence electrons. The summed E-state index contributed by atoms with van der Waals surface area (Å²) in [5.41, 5.74) is 6.87. The molecule has 0 spiro atoms. The average molecular weight is 374 g/mol. The Kier molecular flexibility index (Phi) is 6.09. The first-order chi connectivity index (χ1) is 13.4. The van der Waals surface area contributed by atoms with Crippen LogP contribution < -0.4 is 10.2 Å². The summed E-state index contributed by atoms with van der Waals surface area (Å²) in [5, 5.41) is 6.32. The van der Waals surface area contributed by atoms with Gasteiger partial charge in [0.05, 0.1) is 18.7 Å². The number of ether oxygens (including phenoxy) is 1. The number of carbonyl (C=O) groups excluding carboxylic acids is 1. The van der Waals surface area contributed by atoms with E-state index in [0.717, 1.165) is 27.6 Å². The van der Waals surface area contributed by atoms with E-state index in [0.29, 0.717) is 6.42 Å². The van der Waals surface area contributed by atoms with Crippen LogP contribution >= 0.6 is 0 Å². The second-order valence-electron chi connectivity index (χ2n) is 7.25. The summed E-state index contributed by atoms with van der Waals surface area (Å²) in [6.07, 6.45) is 2.01. The van der Waals surface area contributed by atoms with Crippen LogP contribution in [0.1, 0.15) is 36.1 Å². The molecule has 28 heavy (non-hydrogen) atoms. The van der Waals surface area contributed by atoms with Gasteiger partial charge in [-0.2, -0.15) is 5.10 Å². The summed E-state index contributed by atoms with van der Waals surface area (Å²) in [4.78, 5) is 12.3. The van der Waals surface area contributed by atoms with Crippen LogP contribution in [-0.4, -0.2) is 18.2 Å². The molecule has 0 aliphatic carbocycles. The zero-order chi connectivity index (χ0) is 20.1. The molecule has 0 aliphatic heterocycles. The van der Waals surface area contributed by atoms with Crippen LogP contribution in [0, 0.1) is 13.8 Å². The molecule has 1 amide bonds. The second kappa shape index (κ2) is 8.70. The summed E-state index contributed by atoms with van der Waals surface area (Å²) in [6, 6.07) is 18.1. The predicted molar refractivity (Wildman–Crippen MR) is 115 cm³/mol. The zero-order valence-electron chi connectivity index (χ0n) is 16.8.